The number of hydrogen-bond acceptors (Lipinski definition) is 2. The minimum atomic E-state index is -0.393. The second-order valence-electron chi connectivity index (χ2n) is 6.86. The summed E-state index contributed by atoms with van der Waals surface area (Å²) in [4.78, 5) is 2.33. The molecule has 2 heterocycles. The molecule has 4 rings (SSSR count). The number of aryl methyl sites for hydroxylation is 1. The quantitative estimate of drug-likeness (QED) is 0.620. The van der Waals surface area contributed by atoms with Crippen LogP contribution < -0.4 is 4.74 Å². The fraction of sp³-hybridized carbons (Fsp3) is 0.273. The molecule has 26 heavy (non-hydrogen) atoms. The number of halogens is 1. The maximum atomic E-state index is 13.9. The summed E-state index contributed by atoms with van der Waals surface area (Å²) in [6.07, 6.45) is 0.964. The van der Waals surface area contributed by atoms with Crippen molar-refractivity contribution in [3.05, 3.63) is 64.6 Å². The van der Waals surface area contributed by atoms with E-state index in [1.54, 1.807) is 12.1 Å². The zero-order chi connectivity index (χ0) is 18.3. The molecular weight excluding hydrogens is 327 g/mol. The van der Waals surface area contributed by atoms with Crippen LogP contribution in [0, 0.1) is 24.7 Å². The van der Waals surface area contributed by atoms with Gasteiger partial charge in [0.1, 0.15) is 0 Å². The Labute approximate surface area is 153 Å². The summed E-state index contributed by atoms with van der Waals surface area (Å²) in [6.45, 7) is 4.06. The number of methoxy groups -OCH3 is 1. The Balaban J connectivity index is 1.84. The molecule has 0 atom stereocenters. The highest BCUT2D eigenvalue weighted by Crippen LogP contribution is 2.30. The number of benzene rings is 2. The molecule has 1 aliphatic rings. The van der Waals surface area contributed by atoms with Crippen molar-refractivity contribution in [1.82, 2.24) is 9.47 Å². The van der Waals surface area contributed by atoms with Crippen LogP contribution in [0.4, 0.5) is 4.39 Å². The van der Waals surface area contributed by atoms with Crippen molar-refractivity contribution in [1.29, 1.82) is 0 Å². The van der Waals surface area contributed by atoms with Crippen LogP contribution in [0.2, 0.25) is 0 Å². The predicted octanol–water partition coefficient (Wildman–Crippen LogP) is 3.94. The molecule has 0 saturated heterocycles. The molecule has 0 unspecified atom stereocenters. The van der Waals surface area contributed by atoms with Crippen LogP contribution in [-0.2, 0) is 13.0 Å². The highest BCUT2D eigenvalue weighted by molar-refractivity contribution is 5.87. The van der Waals surface area contributed by atoms with Crippen molar-refractivity contribution >= 4 is 10.9 Å². The van der Waals surface area contributed by atoms with E-state index in [0.717, 1.165) is 25.0 Å². The molecule has 0 spiro atoms. The summed E-state index contributed by atoms with van der Waals surface area (Å²) in [6, 6.07) is 14.5. The third-order valence-electron chi connectivity index (χ3n) is 4.96. The minimum absolute atomic E-state index is 0.234. The fourth-order valence-corrected chi connectivity index (χ4v) is 3.60. The highest BCUT2D eigenvalue weighted by atomic mass is 19.1. The fourth-order valence-electron chi connectivity index (χ4n) is 3.60. The van der Waals surface area contributed by atoms with Crippen molar-refractivity contribution in [2.24, 2.45) is 0 Å². The van der Waals surface area contributed by atoms with E-state index in [1.165, 1.54) is 35.4 Å². The van der Waals surface area contributed by atoms with Gasteiger partial charge in [-0.3, -0.25) is 4.57 Å². The summed E-state index contributed by atoms with van der Waals surface area (Å²) >= 11 is 0. The van der Waals surface area contributed by atoms with Gasteiger partial charge in [0.15, 0.2) is 11.6 Å². The Kier molecular flexibility index (Phi) is 4.18. The lowest BCUT2D eigenvalue weighted by atomic mass is 10.0. The number of hydrogen-bond donors (Lipinski definition) is 0. The molecule has 2 aromatic carbocycles. The van der Waals surface area contributed by atoms with Gasteiger partial charge < -0.3 is 9.64 Å². The van der Waals surface area contributed by atoms with Crippen LogP contribution in [0.25, 0.3) is 10.9 Å². The average molecular weight is 348 g/mol. The molecule has 0 aliphatic carbocycles. The van der Waals surface area contributed by atoms with Crippen LogP contribution in [0.1, 0.15) is 22.4 Å². The highest BCUT2D eigenvalue weighted by Gasteiger charge is 2.21. The Bertz CT molecular complexity index is 1060. The first-order valence-electron chi connectivity index (χ1n) is 8.74. The smallest absolute Gasteiger partial charge is 0.166 e. The summed E-state index contributed by atoms with van der Waals surface area (Å²) < 4.78 is 21.0. The summed E-state index contributed by atoms with van der Waals surface area (Å²) in [7, 11) is 3.61. The van der Waals surface area contributed by atoms with Gasteiger partial charge in [-0.15, -0.1) is 0 Å². The topological polar surface area (TPSA) is 17.4 Å². The first-order valence-corrected chi connectivity index (χ1v) is 8.74. The molecule has 132 valence electrons. The van der Waals surface area contributed by atoms with E-state index >= 15 is 0 Å². The van der Waals surface area contributed by atoms with Gasteiger partial charge in [-0.2, -0.15) is 0 Å². The largest absolute Gasteiger partial charge is 0.494 e. The monoisotopic (exact) mass is 348 g/mol. The molecule has 0 amide bonds. The van der Waals surface area contributed by atoms with Crippen LogP contribution >= 0.6 is 0 Å². The van der Waals surface area contributed by atoms with Gasteiger partial charge in [0.05, 0.1) is 12.6 Å². The van der Waals surface area contributed by atoms with Gasteiger partial charge in [-0.1, -0.05) is 11.6 Å². The maximum absolute atomic E-state index is 13.9. The van der Waals surface area contributed by atoms with E-state index < -0.39 is 5.82 Å². The zero-order valence-corrected chi connectivity index (χ0v) is 15.3. The van der Waals surface area contributed by atoms with E-state index in [-0.39, 0.29) is 5.75 Å². The van der Waals surface area contributed by atoms with Crippen molar-refractivity contribution in [3.8, 4) is 17.7 Å². The molecule has 1 aliphatic heterocycles. The van der Waals surface area contributed by atoms with Crippen molar-refractivity contribution in [2.45, 2.75) is 19.9 Å². The number of likely N-dealkylation sites (N-methyl/N-ethyl adjacent to an activating group) is 1. The van der Waals surface area contributed by atoms with E-state index in [1.807, 2.05) is 0 Å². The van der Waals surface area contributed by atoms with Crippen molar-refractivity contribution < 1.29 is 9.13 Å². The van der Waals surface area contributed by atoms with Gasteiger partial charge in [-0.25, -0.2) is 4.39 Å². The van der Waals surface area contributed by atoms with Crippen molar-refractivity contribution in [2.75, 3.05) is 20.7 Å². The van der Waals surface area contributed by atoms with Crippen LogP contribution in [0.5, 0.6) is 5.75 Å². The molecule has 0 bridgehead atoms. The second kappa shape index (κ2) is 6.51. The number of nitrogens with zero attached hydrogens (tertiary/aromatic N) is 2. The molecule has 4 heteroatoms. The number of rotatable bonds is 1. The van der Waals surface area contributed by atoms with Crippen LogP contribution in [0.3, 0.4) is 0 Å². The van der Waals surface area contributed by atoms with Crippen LogP contribution in [-0.4, -0.2) is 30.2 Å². The van der Waals surface area contributed by atoms with E-state index in [2.05, 4.69) is 53.6 Å². The molecular formula is C22H21FN2O. The molecule has 0 radical (unpaired) electrons. The normalized spacial score (nSPS) is 14.0. The first-order chi connectivity index (χ1) is 12.6. The van der Waals surface area contributed by atoms with Gasteiger partial charge >= 0.3 is 0 Å². The first kappa shape index (κ1) is 16.7. The van der Waals surface area contributed by atoms with Gasteiger partial charge in [-0.05, 0) is 55.8 Å². The Morgan fingerprint density at radius 2 is 2.00 bits per heavy atom. The SMILES string of the molecule is COc1ccc(C#Cn2c3c(c4cc(C)ccc42)CN(C)CC3)cc1F. The Hall–Kier alpha value is -2.77. The lowest BCUT2D eigenvalue weighted by molar-refractivity contribution is 0.311. The standard InChI is InChI=1S/C22H21FN2O/c1-15-4-6-20-17(12-15)18-14-24(2)10-9-21(18)25(20)11-8-16-5-7-22(26-3)19(23)13-16/h4-7,12-13H,9-10,14H2,1-3H3. The third-order valence-corrected chi connectivity index (χ3v) is 4.96. The predicted molar refractivity (Wildman–Crippen MR) is 102 cm³/mol. The molecule has 3 aromatic rings. The number of fused-ring (bicyclic) bond motifs is 3. The number of ether oxygens (including phenoxy) is 1. The minimum Gasteiger partial charge on any atom is -0.494 e. The van der Waals surface area contributed by atoms with Crippen LogP contribution in [0.15, 0.2) is 36.4 Å². The molecule has 0 N–H and O–H groups in total. The lowest BCUT2D eigenvalue weighted by Crippen LogP contribution is -2.27. The molecule has 3 nitrogen and oxygen atoms in total. The third kappa shape index (κ3) is 2.85. The molecule has 0 saturated carbocycles. The lowest BCUT2D eigenvalue weighted by Gasteiger charge is -2.23. The summed E-state index contributed by atoms with van der Waals surface area (Å²) in [5, 5.41) is 1.27. The zero-order valence-electron chi connectivity index (χ0n) is 15.3. The maximum Gasteiger partial charge on any atom is 0.166 e. The average Bonchev–Trinajstić information content (AvgIpc) is 2.92. The van der Waals surface area contributed by atoms with Crippen molar-refractivity contribution in [3.63, 3.8) is 0 Å². The van der Waals surface area contributed by atoms with E-state index in [4.69, 9.17) is 4.74 Å². The second-order valence-corrected chi connectivity index (χ2v) is 6.86. The molecule has 1 aromatic heterocycles. The summed E-state index contributed by atoms with van der Waals surface area (Å²) in [5.74, 6) is 2.95. The summed E-state index contributed by atoms with van der Waals surface area (Å²) in [5.41, 5.74) is 5.63. The van der Waals surface area contributed by atoms with Gasteiger partial charge in [0, 0.05) is 42.2 Å². The Morgan fingerprint density at radius 3 is 2.77 bits per heavy atom. The Morgan fingerprint density at radius 1 is 1.15 bits per heavy atom. The van der Waals surface area contributed by atoms with E-state index in [0.29, 0.717) is 5.56 Å². The molecule has 0 fully saturated rings. The van der Waals surface area contributed by atoms with Gasteiger partial charge in [0.25, 0.3) is 0 Å². The number of aromatic nitrogens is 1. The van der Waals surface area contributed by atoms with E-state index in [9.17, 15) is 4.39 Å². The van der Waals surface area contributed by atoms with Gasteiger partial charge in [0.2, 0.25) is 0 Å².